The number of nitrogens with one attached hydrogen (secondary N) is 1. The van der Waals surface area contributed by atoms with Crippen LogP contribution in [0, 0.1) is 0 Å². The second-order valence-electron chi connectivity index (χ2n) is 2.90. The zero-order valence-electron chi connectivity index (χ0n) is 7.82. The number of benzene rings is 1. The molecule has 0 atom stereocenters. The smallest absolute Gasteiger partial charge is 0.158 e. The molecule has 2 rings (SSSR count). The molecule has 0 unspecified atom stereocenters. The number of aromatic amines is 1. The van der Waals surface area contributed by atoms with Gasteiger partial charge in [-0.25, -0.2) is 4.99 Å². The Morgan fingerprint density at radius 3 is 3.07 bits per heavy atom. The van der Waals surface area contributed by atoms with Gasteiger partial charge in [0.2, 0.25) is 0 Å². The fraction of sp³-hybridized carbons (Fsp3) is 0.100. The molecule has 1 aromatic carbocycles. The summed E-state index contributed by atoms with van der Waals surface area (Å²) in [6.07, 6.45) is 3.82. The van der Waals surface area contributed by atoms with Gasteiger partial charge in [-0.1, -0.05) is 17.8 Å². The highest BCUT2D eigenvalue weighted by Gasteiger charge is 1.96. The summed E-state index contributed by atoms with van der Waals surface area (Å²) in [6, 6.07) is 8.00. The summed E-state index contributed by atoms with van der Waals surface area (Å²) < 4.78 is 0. The number of amidine groups is 1. The highest BCUT2D eigenvalue weighted by atomic mass is 32.2. The second-order valence-corrected chi connectivity index (χ2v) is 3.73. The first-order chi connectivity index (χ1) is 6.79. The molecule has 3 nitrogen and oxygen atoms in total. The van der Waals surface area contributed by atoms with Gasteiger partial charge < -0.3 is 10.7 Å². The molecule has 0 spiro atoms. The van der Waals surface area contributed by atoms with Crippen molar-refractivity contribution in [1.82, 2.24) is 4.98 Å². The second kappa shape index (κ2) is 3.75. The predicted molar refractivity (Wildman–Crippen MR) is 63.1 cm³/mol. The van der Waals surface area contributed by atoms with Gasteiger partial charge in [-0.05, 0) is 29.8 Å². The van der Waals surface area contributed by atoms with E-state index in [9.17, 15) is 0 Å². The monoisotopic (exact) mass is 205 g/mol. The molecule has 0 aliphatic carbocycles. The minimum atomic E-state index is 0.580. The van der Waals surface area contributed by atoms with Crippen LogP contribution in [0.2, 0.25) is 0 Å². The minimum Gasteiger partial charge on any atom is -0.378 e. The average Bonchev–Trinajstić information content (AvgIpc) is 2.64. The van der Waals surface area contributed by atoms with Crippen LogP contribution in [-0.4, -0.2) is 16.4 Å². The van der Waals surface area contributed by atoms with E-state index in [-0.39, 0.29) is 0 Å². The molecule has 3 N–H and O–H groups in total. The van der Waals surface area contributed by atoms with E-state index < -0.39 is 0 Å². The third-order valence-electron chi connectivity index (χ3n) is 1.99. The molecule has 1 heterocycles. The first-order valence-corrected chi connectivity index (χ1v) is 5.47. The molecule has 0 saturated heterocycles. The molecule has 14 heavy (non-hydrogen) atoms. The van der Waals surface area contributed by atoms with E-state index in [1.807, 2.05) is 36.7 Å². The van der Waals surface area contributed by atoms with Crippen LogP contribution in [0.15, 0.2) is 35.5 Å². The van der Waals surface area contributed by atoms with Crippen molar-refractivity contribution in [3.05, 3.63) is 30.5 Å². The van der Waals surface area contributed by atoms with Crippen molar-refractivity contribution in [1.29, 1.82) is 0 Å². The molecule has 72 valence electrons. The third kappa shape index (κ3) is 1.75. The molecular weight excluding hydrogens is 194 g/mol. The highest BCUT2D eigenvalue weighted by Crippen LogP contribution is 2.20. The summed E-state index contributed by atoms with van der Waals surface area (Å²) in [5.74, 6) is 0. The largest absolute Gasteiger partial charge is 0.378 e. The predicted octanol–water partition coefficient (Wildman–Crippen LogP) is 2.48. The number of aliphatic imine (C=N–C) groups is 1. The van der Waals surface area contributed by atoms with Crippen LogP contribution in [-0.2, 0) is 0 Å². The van der Waals surface area contributed by atoms with Crippen LogP contribution in [0.3, 0.4) is 0 Å². The third-order valence-corrected chi connectivity index (χ3v) is 2.50. The zero-order valence-corrected chi connectivity index (χ0v) is 8.64. The van der Waals surface area contributed by atoms with Gasteiger partial charge in [-0.3, -0.25) is 0 Å². The van der Waals surface area contributed by atoms with Crippen molar-refractivity contribution in [2.45, 2.75) is 0 Å². The van der Waals surface area contributed by atoms with Crippen LogP contribution in [0.25, 0.3) is 10.9 Å². The molecule has 1 aromatic heterocycles. The van der Waals surface area contributed by atoms with Crippen LogP contribution in [0.4, 0.5) is 5.69 Å². The molecule has 0 aliphatic heterocycles. The number of H-pyrrole nitrogens is 1. The lowest BCUT2D eigenvalue weighted by atomic mass is 10.2. The van der Waals surface area contributed by atoms with Crippen molar-refractivity contribution in [2.75, 3.05) is 6.26 Å². The number of nitrogens with zero attached hydrogens (tertiary/aromatic N) is 1. The number of rotatable bonds is 1. The van der Waals surface area contributed by atoms with Gasteiger partial charge in [0.1, 0.15) is 0 Å². The van der Waals surface area contributed by atoms with Crippen LogP contribution in [0.5, 0.6) is 0 Å². The fourth-order valence-corrected chi connectivity index (χ4v) is 1.47. The van der Waals surface area contributed by atoms with E-state index in [4.69, 9.17) is 5.73 Å². The molecule has 0 bridgehead atoms. The summed E-state index contributed by atoms with van der Waals surface area (Å²) in [7, 11) is 0. The van der Waals surface area contributed by atoms with Gasteiger partial charge >= 0.3 is 0 Å². The van der Waals surface area contributed by atoms with E-state index >= 15 is 0 Å². The van der Waals surface area contributed by atoms with Crippen LogP contribution >= 0.6 is 11.8 Å². The van der Waals surface area contributed by atoms with Crippen molar-refractivity contribution in [3.8, 4) is 0 Å². The maximum atomic E-state index is 5.63. The standard InChI is InChI=1S/C10H11N3S/c1-14-10(11)13-8-3-2-7-4-5-12-9(7)6-8/h2-6,12H,1H3,(H2,11,13). The molecule has 4 heteroatoms. The van der Waals surface area contributed by atoms with Crippen molar-refractivity contribution >= 4 is 33.5 Å². The maximum absolute atomic E-state index is 5.63. The Hall–Kier alpha value is -1.42. The molecule has 0 fully saturated rings. The van der Waals surface area contributed by atoms with Crippen molar-refractivity contribution < 1.29 is 0 Å². The van der Waals surface area contributed by atoms with Gasteiger partial charge in [-0.15, -0.1) is 0 Å². The minimum absolute atomic E-state index is 0.580. The van der Waals surface area contributed by atoms with E-state index in [0.29, 0.717) is 5.17 Å². The molecule has 0 saturated carbocycles. The topological polar surface area (TPSA) is 54.2 Å². The molecule has 2 aromatic rings. The molecular formula is C10H11N3S. The summed E-state index contributed by atoms with van der Waals surface area (Å²) in [5, 5.41) is 1.77. The number of fused-ring (bicyclic) bond motifs is 1. The Labute approximate surface area is 86.4 Å². The summed E-state index contributed by atoms with van der Waals surface area (Å²) in [6.45, 7) is 0. The van der Waals surface area contributed by atoms with E-state index in [1.165, 1.54) is 17.1 Å². The number of hydrogen-bond acceptors (Lipinski definition) is 2. The van der Waals surface area contributed by atoms with E-state index in [1.54, 1.807) is 0 Å². The zero-order chi connectivity index (χ0) is 9.97. The summed E-state index contributed by atoms with van der Waals surface area (Å²) >= 11 is 1.44. The lowest BCUT2D eigenvalue weighted by molar-refractivity contribution is 1.46. The normalized spacial score (nSPS) is 12.2. The van der Waals surface area contributed by atoms with Gasteiger partial charge in [0.25, 0.3) is 0 Å². The number of nitrogens with two attached hydrogens (primary N) is 1. The van der Waals surface area contributed by atoms with Crippen molar-refractivity contribution in [3.63, 3.8) is 0 Å². The summed E-state index contributed by atoms with van der Waals surface area (Å²) in [4.78, 5) is 7.38. The first kappa shape index (κ1) is 9.15. The number of hydrogen-bond donors (Lipinski definition) is 2. The lowest BCUT2D eigenvalue weighted by Gasteiger charge is -1.96. The fourth-order valence-electron chi connectivity index (χ4n) is 1.28. The average molecular weight is 205 g/mol. The highest BCUT2D eigenvalue weighted by molar-refractivity contribution is 8.13. The molecule has 0 amide bonds. The Balaban J connectivity index is 2.44. The van der Waals surface area contributed by atoms with Gasteiger partial charge in [-0.2, -0.15) is 0 Å². The van der Waals surface area contributed by atoms with Crippen LogP contribution < -0.4 is 5.73 Å². The van der Waals surface area contributed by atoms with Gasteiger partial charge in [0, 0.05) is 11.7 Å². The Morgan fingerprint density at radius 1 is 1.43 bits per heavy atom. The Bertz CT molecular complexity index is 473. The number of aromatic nitrogens is 1. The van der Waals surface area contributed by atoms with Gasteiger partial charge in [0.05, 0.1) is 5.69 Å². The van der Waals surface area contributed by atoms with E-state index in [2.05, 4.69) is 9.98 Å². The van der Waals surface area contributed by atoms with Crippen LogP contribution in [0.1, 0.15) is 0 Å². The Kier molecular flexibility index (Phi) is 2.45. The molecule has 0 aliphatic rings. The quantitative estimate of drug-likeness (QED) is 0.555. The summed E-state index contributed by atoms with van der Waals surface area (Å²) in [5.41, 5.74) is 7.59. The lowest BCUT2D eigenvalue weighted by Crippen LogP contribution is -2.03. The first-order valence-electron chi connectivity index (χ1n) is 4.25. The number of thioether (sulfide) groups is 1. The van der Waals surface area contributed by atoms with Gasteiger partial charge in [0.15, 0.2) is 5.17 Å². The maximum Gasteiger partial charge on any atom is 0.158 e. The van der Waals surface area contributed by atoms with Crippen molar-refractivity contribution in [2.24, 2.45) is 10.7 Å². The van der Waals surface area contributed by atoms with E-state index in [0.717, 1.165) is 11.2 Å². The molecule has 0 radical (unpaired) electrons. The Morgan fingerprint density at radius 2 is 2.29 bits per heavy atom. The SMILES string of the molecule is CSC(N)=Nc1ccc2cc[nH]c2c1.